The van der Waals surface area contributed by atoms with Crippen molar-refractivity contribution >= 4 is 40.7 Å². The van der Waals surface area contributed by atoms with E-state index in [-0.39, 0.29) is 23.3 Å². The number of aromatic amines is 1. The van der Waals surface area contributed by atoms with Crippen LogP contribution in [-0.4, -0.2) is 26.3 Å². The number of halogens is 2. The Morgan fingerprint density at radius 3 is 2.90 bits per heavy atom. The van der Waals surface area contributed by atoms with Crippen LogP contribution in [0.15, 0.2) is 28.2 Å². The zero-order chi connectivity index (χ0) is 15.0. The second-order valence-electron chi connectivity index (χ2n) is 4.75. The summed E-state index contributed by atoms with van der Waals surface area (Å²) in [6, 6.07) is 4.98. The van der Waals surface area contributed by atoms with Gasteiger partial charge in [0.1, 0.15) is 0 Å². The van der Waals surface area contributed by atoms with Crippen LogP contribution in [0.4, 0.5) is 0 Å². The normalized spacial score (nSPS) is 14.4. The highest BCUT2D eigenvalue weighted by atomic mass is 35.5. The molecule has 2 aromatic rings. The molecule has 0 atom stereocenters. The number of H-pyrrole nitrogens is 1. The van der Waals surface area contributed by atoms with Crippen molar-refractivity contribution in [3.8, 4) is 0 Å². The van der Waals surface area contributed by atoms with Crippen molar-refractivity contribution in [1.29, 1.82) is 0 Å². The first kappa shape index (κ1) is 14.7. The van der Waals surface area contributed by atoms with E-state index >= 15 is 0 Å². The number of aromatic nitrogens is 3. The monoisotopic (exact) mass is 343 g/mol. The van der Waals surface area contributed by atoms with Crippen LogP contribution >= 0.6 is 35.0 Å². The van der Waals surface area contributed by atoms with Gasteiger partial charge in [-0.3, -0.25) is 9.36 Å². The number of rotatable bonds is 5. The molecular formula is C13H11Cl2N3O2S. The van der Waals surface area contributed by atoms with Crippen LogP contribution in [-0.2, 0) is 0 Å². The number of thioether (sulfide) groups is 1. The van der Waals surface area contributed by atoms with Crippen molar-refractivity contribution in [2.24, 2.45) is 0 Å². The molecule has 1 aromatic heterocycles. The highest BCUT2D eigenvalue weighted by Crippen LogP contribution is 2.36. The Labute approximate surface area is 134 Å². The number of hydrogen-bond donors (Lipinski definition) is 1. The van der Waals surface area contributed by atoms with Crippen molar-refractivity contribution in [1.82, 2.24) is 14.8 Å². The molecule has 1 aliphatic carbocycles. The molecule has 0 unspecified atom stereocenters. The second-order valence-corrected chi connectivity index (χ2v) is 6.53. The van der Waals surface area contributed by atoms with Crippen LogP contribution in [0.5, 0.6) is 0 Å². The Kier molecular flexibility index (Phi) is 4.10. The summed E-state index contributed by atoms with van der Waals surface area (Å²) in [5, 5.41) is 7.74. The largest absolute Gasteiger partial charge is 0.344 e. The van der Waals surface area contributed by atoms with Crippen LogP contribution in [0, 0.1) is 0 Å². The molecule has 0 radical (unpaired) electrons. The Hall–Kier alpha value is -1.24. The van der Waals surface area contributed by atoms with Crippen LogP contribution in [0.2, 0.25) is 10.0 Å². The molecule has 1 saturated carbocycles. The fourth-order valence-electron chi connectivity index (χ4n) is 1.97. The van der Waals surface area contributed by atoms with E-state index in [2.05, 4.69) is 10.2 Å². The third-order valence-corrected chi connectivity index (χ3v) is 4.66. The Balaban J connectivity index is 1.74. The maximum atomic E-state index is 12.2. The number of hydrogen-bond acceptors (Lipinski definition) is 4. The minimum atomic E-state index is -0.228. The van der Waals surface area contributed by atoms with Gasteiger partial charge in [0, 0.05) is 16.6 Å². The number of benzene rings is 1. The summed E-state index contributed by atoms with van der Waals surface area (Å²) < 4.78 is 1.61. The molecule has 1 aromatic carbocycles. The summed E-state index contributed by atoms with van der Waals surface area (Å²) in [5.74, 6) is 0.00200. The maximum Gasteiger partial charge on any atom is 0.344 e. The quantitative estimate of drug-likeness (QED) is 0.668. The zero-order valence-electron chi connectivity index (χ0n) is 10.8. The molecule has 5 nitrogen and oxygen atoms in total. The number of ketones is 1. The van der Waals surface area contributed by atoms with Crippen LogP contribution in [0.25, 0.3) is 0 Å². The second kappa shape index (κ2) is 5.87. The van der Waals surface area contributed by atoms with Crippen molar-refractivity contribution in [2.75, 3.05) is 5.75 Å². The lowest BCUT2D eigenvalue weighted by Gasteiger charge is -2.05. The van der Waals surface area contributed by atoms with Crippen LogP contribution in [0.3, 0.4) is 0 Å². The Bertz CT molecular complexity index is 752. The van der Waals surface area contributed by atoms with E-state index in [9.17, 15) is 9.59 Å². The van der Waals surface area contributed by atoms with E-state index in [1.165, 1.54) is 11.8 Å². The lowest BCUT2D eigenvalue weighted by atomic mass is 10.1. The van der Waals surface area contributed by atoms with E-state index in [1.54, 1.807) is 22.8 Å². The average molecular weight is 344 g/mol. The predicted molar refractivity (Wildman–Crippen MR) is 82.6 cm³/mol. The molecule has 0 spiro atoms. The van der Waals surface area contributed by atoms with Gasteiger partial charge in [-0.2, -0.15) is 0 Å². The summed E-state index contributed by atoms with van der Waals surface area (Å²) in [5.41, 5.74) is 0.153. The molecule has 1 heterocycles. The van der Waals surface area contributed by atoms with E-state index in [0.717, 1.165) is 12.8 Å². The van der Waals surface area contributed by atoms with Crippen LogP contribution in [0.1, 0.15) is 29.2 Å². The smallest absolute Gasteiger partial charge is 0.293 e. The third kappa shape index (κ3) is 3.17. The van der Waals surface area contributed by atoms with Gasteiger partial charge in [-0.1, -0.05) is 35.0 Å². The van der Waals surface area contributed by atoms with Gasteiger partial charge in [-0.05, 0) is 31.0 Å². The van der Waals surface area contributed by atoms with Crippen LogP contribution < -0.4 is 5.69 Å². The topological polar surface area (TPSA) is 67.8 Å². The van der Waals surface area contributed by atoms with Crippen molar-refractivity contribution in [2.45, 2.75) is 24.0 Å². The minimum absolute atomic E-state index is 0.148. The molecule has 1 fully saturated rings. The first-order valence-corrected chi connectivity index (χ1v) is 8.08. The van der Waals surface area contributed by atoms with E-state index in [1.807, 2.05) is 0 Å². The highest BCUT2D eigenvalue weighted by Gasteiger charge is 2.28. The summed E-state index contributed by atoms with van der Waals surface area (Å²) in [6.45, 7) is 0. The van der Waals surface area contributed by atoms with E-state index in [0.29, 0.717) is 20.8 Å². The van der Waals surface area contributed by atoms with Crippen molar-refractivity contribution in [3.05, 3.63) is 44.3 Å². The summed E-state index contributed by atoms with van der Waals surface area (Å²) in [6.07, 6.45) is 1.95. The highest BCUT2D eigenvalue weighted by molar-refractivity contribution is 7.99. The molecule has 0 bridgehead atoms. The lowest BCUT2D eigenvalue weighted by molar-refractivity contribution is 0.102. The minimum Gasteiger partial charge on any atom is -0.293 e. The molecule has 0 saturated heterocycles. The van der Waals surface area contributed by atoms with Crippen molar-refractivity contribution < 1.29 is 4.79 Å². The van der Waals surface area contributed by atoms with E-state index < -0.39 is 0 Å². The fraction of sp³-hybridized carbons (Fsp3) is 0.308. The molecule has 0 amide bonds. The lowest BCUT2D eigenvalue weighted by Crippen LogP contribution is -2.16. The third-order valence-electron chi connectivity index (χ3n) is 3.15. The Morgan fingerprint density at radius 1 is 1.43 bits per heavy atom. The molecule has 21 heavy (non-hydrogen) atoms. The summed E-state index contributed by atoms with van der Waals surface area (Å²) in [4.78, 5) is 23.8. The first-order chi connectivity index (χ1) is 10.1. The fourth-order valence-corrected chi connectivity index (χ4v) is 3.26. The maximum absolute atomic E-state index is 12.2. The van der Waals surface area contributed by atoms with Gasteiger partial charge in [-0.25, -0.2) is 9.89 Å². The number of nitrogens with zero attached hydrogens (tertiary/aromatic N) is 2. The first-order valence-electron chi connectivity index (χ1n) is 6.34. The molecule has 1 aliphatic rings. The van der Waals surface area contributed by atoms with Gasteiger partial charge in [-0.15, -0.1) is 5.10 Å². The van der Waals surface area contributed by atoms with Gasteiger partial charge < -0.3 is 0 Å². The standard InChI is InChI=1S/C13H11Cl2N3O2S/c14-7-1-4-10(15)9(5-7)11(19)6-21-13-17-16-12(20)18(13)8-2-3-8/h1,4-5,8H,2-3,6H2,(H,16,20). The molecule has 1 N–H and O–H groups in total. The van der Waals surface area contributed by atoms with Crippen molar-refractivity contribution in [3.63, 3.8) is 0 Å². The summed E-state index contributed by atoms with van der Waals surface area (Å²) >= 11 is 13.1. The molecule has 0 aliphatic heterocycles. The number of Topliss-reactive ketones (excluding diaryl/α,β-unsaturated/α-hetero) is 1. The molecular weight excluding hydrogens is 333 g/mol. The average Bonchev–Trinajstić information content (AvgIpc) is 3.22. The van der Waals surface area contributed by atoms with Gasteiger partial charge in [0.05, 0.1) is 10.8 Å². The zero-order valence-corrected chi connectivity index (χ0v) is 13.1. The number of nitrogens with one attached hydrogen (secondary N) is 1. The number of carbonyl (C=O) groups is 1. The SMILES string of the molecule is O=C(CSc1n[nH]c(=O)n1C1CC1)c1cc(Cl)ccc1Cl. The molecule has 110 valence electrons. The van der Waals surface area contributed by atoms with Gasteiger partial charge in [0.15, 0.2) is 10.9 Å². The molecule has 3 rings (SSSR count). The Morgan fingerprint density at radius 2 is 2.19 bits per heavy atom. The summed E-state index contributed by atoms with van der Waals surface area (Å²) in [7, 11) is 0. The predicted octanol–water partition coefficient (Wildman–Crippen LogP) is 3.19. The van der Waals surface area contributed by atoms with Gasteiger partial charge in [0.2, 0.25) is 0 Å². The molecule has 8 heteroatoms. The van der Waals surface area contributed by atoms with Gasteiger partial charge in [0.25, 0.3) is 0 Å². The number of carbonyl (C=O) groups excluding carboxylic acids is 1. The van der Waals surface area contributed by atoms with E-state index in [4.69, 9.17) is 23.2 Å². The van der Waals surface area contributed by atoms with Gasteiger partial charge >= 0.3 is 5.69 Å².